The quantitative estimate of drug-likeness (QED) is 0.478. The highest BCUT2D eigenvalue weighted by Gasteiger charge is 2.18. The maximum Gasteiger partial charge on any atom is 0.235 e. The molecule has 0 aliphatic heterocycles. The van der Waals surface area contributed by atoms with E-state index in [-0.39, 0.29) is 4.70 Å². The number of nitrogens with zero attached hydrogens (tertiary/aromatic N) is 1. The highest BCUT2D eigenvalue weighted by atomic mass is 32.1. The van der Waals surface area contributed by atoms with E-state index in [0.717, 1.165) is 0 Å². The second kappa shape index (κ2) is 2.66. The Balaban J connectivity index is 2.97. The molecule has 0 bridgehead atoms. The van der Waals surface area contributed by atoms with Crippen LogP contribution in [0, 0.1) is 23.4 Å². The maximum atomic E-state index is 12.9. The number of halogens is 4. The van der Waals surface area contributed by atoms with Crippen molar-refractivity contribution in [2.45, 2.75) is 0 Å². The molecule has 0 amide bonds. The normalized spacial score (nSPS) is 11.1. The fourth-order valence-corrected chi connectivity index (χ4v) is 1.66. The SMILES string of the molecule is Fc1cc2snc(F)c2c(F)c1F. The third kappa shape index (κ3) is 1.09. The molecule has 2 aromatic rings. The van der Waals surface area contributed by atoms with E-state index in [1.807, 2.05) is 0 Å². The first kappa shape index (κ1) is 8.43. The lowest BCUT2D eigenvalue weighted by Gasteiger charge is -1.95. The van der Waals surface area contributed by atoms with Crippen molar-refractivity contribution in [3.8, 4) is 0 Å². The predicted octanol–water partition coefficient (Wildman–Crippen LogP) is 2.85. The number of aromatic nitrogens is 1. The van der Waals surface area contributed by atoms with Gasteiger partial charge in [-0.1, -0.05) is 0 Å². The monoisotopic (exact) mass is 207 g/mol. The van der Waals surface area contributed by atoms with Gasteiger partial charge < -0.3 is 0 Å². The largest absolute Gasteiger partial charge is 0.235 e. The van der Waals surface area contributed by atoms with Gasteiger partial charge in [0.1, 0.15) is 0 Å². The molecule has 0 aliphatic carbocycles. The van der Waals surface area contributed by atoms with E-state index in [2.05, 4.69) is 4.37 Å². The summed E-state index contributed by atoms with van der Waals surface area (Å²) in [5.74, 6) is -5.65. The zero-order valence-corrected chi connectivity index (χ0v) is 6.76. The van der Waals surface area contributed by atoms with E-state index in [0.29, 0.717) is 17.6 Å². The van der Waals surface area contributed by atoms with Crippen LogP contribution in [0.25, 0.3) is 10.1 Å². The van der Waals surface area contributed by atoms with Crippen molar-refractivity contribution >= 4 is 21.6 Å². The molecule has 1 aromatic carbocycles. The van der Waals surface area contributed by atoms with E-state index >= 15 is 0 Å². The Labute approximate surface area is 73.8 Å². The van der Waals surface area contributed by atoms with Gasteiger partial charge in [0.05, 0.1) is 10.1 Å². The van der Waals surface area contributed by atoms with E-state index in [4.69, 9.17) is 0 Å². The van der Waals surface area contributed by atoms with Crippen LogP contribution in [0.3, 0.4) is 0 Å². The Kier molecular flexibility index (Phi) is 1.73. The van der Waals surface area contributed by atoms with Crippen LogP contribution >= 0.6 is 11.5 Å². The van der Waals surface area contributed by atoms with Crippen molar-refractivity contribution in [1.29, 1.82) is 0 Å². The smallest absolute Gasteiger partial charge is 0.204 e. The zero-order chi connectivity index (χ0) is 9.59. The lowest BCUT2D eigenvalue weighted by Crippen LogP contribution is -1.91. The average Bonchev–Trinajstić information content (AvgIpc) is 2.43. The number of hydrogen-bond acceptors (Lipinski definition) is 2. The molecule has 0 saturated carbocycles. The molecular weight excluding hydrogens is 206 g/mol. The molecule has 1 heterocycles. The van der Waals surface area contributed by atoms with Crippen LogP contribution in [0.5, 0.6) is 0 Å². The van der Waals surface area contributed by atoms with Crippen LogP contribution in [0.4, 0.5) is 17.6 Å². The number of rotatable bonds is 0. The fourth-order valence-electron chi connectivity index (χ4n) is 0.972. The Morgan fingerprint density at radius 3 is 2.46 bits per heavy atom. The number of hydrogen-bond donors (Lipinski definition) is 0. The highest BCUT2D eigenvalue weighted by molar-refractivity contribution is 7.13. The third-order valence-electron chi connectivity index (χ3n) is 1.56. The average molecular weight is 207 g/mol. The molecule has 0 spiro atoms. The fraction of sp³-hybridized carbons (Fsp3) is 0. The summed E-state index contributed by atoms with van der Waals surface area (Å²) in [6.07, 6.45) is 0. The molecule has 6 heteroatoms. The van der Waals surface area contributed by atoms with E-state index in [1.54, 1.807) is 0 Å². The van der Waals surface area contributed by atoms with Crippen LogP contribution < -0.4 is 0 Å². The Morgan fingerprint density at radius 2 is 1.77 bits per heavy atom. The van der Waals surface area contributed by atoms with Crippen molar-refractivity contribution in [2.24, 2.45) is 0 Å². The van der Waals surface area contributed by atoms with Gasteiger partial charge in [-0.05, 0) is 17.6 Å². The van der Waals surface area contributed by atoms with Gasteiger partial charge in [-0.25, -0.2) is 13.2 Å². The molecule has 0 N–H and O–H groups in total. The third-order valence-corrected chi connectivity index (χ3v) is 2.33. The van der Waals surface area contributed by atoms with Crippen LogP contribution in [0.1, 0.15) is 0 Å². The summed E-state index contributed by atoms with van der Waals surface area (Å²) in [5.41, 5.74) is 0. The minimum Gasteiger partial charge on any atom is -0.204 e. The molecular formula is C7HF4NS. The summed E-state index contributed by atoms with van der Waals surface area (Å²) in [6, 6.07) is 0.717. The molecule has 13 heavy (non-hydrogen) atoms. The molecule has 1 aromatic heterocycles. The molecule has 0 radical (unpaired) electrons. The topological polar surface area (TPSA) is 12.9 Å². The van der Waals surface area contributed by atoms with Crippen LogP contribution in [0.15, 0.2) is 6.07 Å². The first-order valence-corrected chi connectivity index (χ1v) is 3.97. The molecule has 2 rings (SSSR count). The van der Waals surface area contributed by atoms with Crippen molar-refractivity contribution < 1.29 is 17.6 Å². The summed E-state index contributed by atoms with van der Waals surface area (Å²) >= 11 is 0.579. The van der Waals surface area contributed by atoms with Crippen LogP contribution in [-0.2, 0) is 0 Å². The minimum absolute atomic E-state index is 0.0473. The Morgan fingerprint density at radius 1 is 1.08 bits per heavy atom. The van der Waals surface area contributed by atoms with E-state index in [9.17, 15) is 17.6 Å². The van der Waals surface area contributed by atoms with Gasteiger partial charge >= 0.3 is 0 Å². The highest BCUT2D eigenvalue weighted by Crippen LogP contribution is 2.27. The molecule has 0 fully saturated rings. The van der Waals surface area contributed by atoms with Gasteiger partial charge in [-0.2, -0.15) is 8.76 Å². The molecule has 0 aliphatic rings. The summed E-state index contributed by atoms with van der Waals surface area (Å²) in [4.78, 5) is 0. The van der Waals surface area contributed by atoms with Gasteiger partial charge in [-0.15, -0.1) is 0 Å². The number of fused-ring (bicyclic) bond motifs is 1. The van der Waals surface area contributed by atoms with Gasteiger partial charge in [-0.3, -0.25) is 0 Å². The predicted molar refractivity (Wildman–Crippen MR) is 39.5 cm³/mol. The summed E-state index contributed by atoms with van der Waals surface area (Å²) < 4.78 is 53.8. The standard InChI is InChI=1S/C7HF4NS/c8-2-1-3-4(6(10)5(2)9)7(11)12-13-3/h1H. The summed E-state index contributed by atoms with van der Waals surface area (Å²) in [7, 11) is 0. The van der Waals surface area contributed by atoms with Gasteiger partial charge in [0.2, 0.25) is 5.95 Å². The maximum absolute atomic E-state index is 12.9. The first-order chi connectivity index (χ1) is 6.11. The van der Waals surface area contributed by atoms with Crippen molar-refractivity contribution in [2.75, 3.05) is 0 Å². The van der Waals surface area contributed by atoms with Crippen molar-refractivity contribution in [3.05, 3.63) is 29.5 Å². The van der Waals surface area contributed by atoms with Gasteiger partial charge in [0, 0.05) is 0 Å². The number of benzene rings is 1. The zero-order valence-electron chi connectivity index (χ0n) is 5.94. The van der Waals surface area contributed by atoms with Crippen molar-refractivity contribution in [1.82, 2.24) is 4.37 Å². The lowest BCUT2D eigenvalue weighted by molar-refractivity contribution is 0.451. The molecule has 0 atom stereocenters. The van der Waals surface area contributed by atoms with E-state index in [1.165, 1.54) is 0 Å². The minimum atomic E-state index is -1.67. The molecule has 68 valence electrons. The Hall–Kier alpha value is -1.17. The second-order valence-corrected chi connectivity index (χ2v) is 3.14. The van der Waals surface area contributed by atoms with Crippen LogP contribution in [0.2, 0.25) is 0 Å². The summed E-state index contributed by atoms with van der Waals surface area (Å²) in [6.45, 7) is 0. The molecule has 0 saturated heterocycles. The summed E-state index contributed by atoms with van der Waals surface area (Å²) in [5, 5.41) is -0.594. The van der Waals surface area contributed by atoms with Gasteiger partial charge in [0.25, 0.3) is 0 Å². The second-order valence-electron chi connectivity index (χ2n) is 2.33. The Bertz CT molecular complexity index is 479. The van der Waals surface area contributed by atoms with E-state index < -0.39 is 28.8 Å². The van der Waals surface area contributed by atoms with Crippen LogP contribution in [-0.4, -0.2) is 4.37 Å². The lowest BCUT2D eigenvalue weighted by atomic mass is 10.2. The van der Waals surface area contributed by atoms with Gasteiger partial charge in [0.15, 0.2) is 17.5 Å². The molecule has 0 unspecified atom stereocenters. The first-order valence-electron chi connectivity index (χ1n) is 3.19. The molecule has 1 nitrogen and oxygen atoms in total. The van der Waals surface area contributed by atoms with Crippen molar-refractivity contribution in [3.63, 3.8) is 0 Å².